The summed E-state index contributed by atoms with van der Waals surface area (Å²) in [5.74, 6) is -0.701. The molecule has 0 spiro atoms. The molecular weight excluding hydrogens is 255 g/mol. The Bertz CT molecular complexity index is 560. The van der Waals surface area contributed by atoms with Crippen LogP contribution in [0.4, 0.5) is 10.1 Å². The molecule has 0 bridgehead atoms. The second kappa shape index (κ2) is 5.60. The summed E-state index contributed by atoms with van der Waals surface area (Å²) < 4.78 is 12.9. The van der Waals surface area contributed by atoms with Gasteiger partial charge in [0.1, 0.15) is 5.82 Å². The number of carbonyl (C=O) groups excluding carboxylic acids is 1. The first-order chi connectivity index (χ1) is 8.65. The van der Waals surface area contributed by atoms with E-state index >= 15 is 0 Å². The van der Waals surface area contributed by atoms with Crippen molar-refractivity contribution in [1.82, 2.24) is 4.98 Å². The Hall–Kier alpha value is -1.94. The number of amides is 1. The molecule has 92 valence electrons. The molecule has 0 saturated carbocycles. The quantitative estimate of drug-likeness (QED) is 0.926. The molecule has 0 fully saturated rings. The van der Waals surface area contributed by atoms with Gasteiger partial charge in [-0.1, -0.05) is 11.6 Å². The van der Waals surface area contributed by atoms with Gasteiger partial charge < -0.3 is 5.32 Å². The lowest BCUT2D eigenvalue weighted by Crippen LogP contribution is -2.14. The maximum absolute atomic E-state index is 12.9. The molecule has 1 amide bonds. The smallest absolute Gasteiger partial charge is 0.228 e. The molecule has 1 aromatic heterocycles. The maximum Gasteiger partial charge on any atom is 0.228 e. The average molecular weight is 265 g/mol. The van der Waals surface area contributed by atoms with Crippen LogP contribution in [-0.2, 0) is 11.2 Å². The highest BCUT2D eigenvalue weighted by Crippen LogP contribution is 2.19. The van der Waals surface area contributed by atoms with E-state index in [1.807, 2.05) is 0 Å². The third kappa shape index (κ3) is 3.28. The molecule has 0 aliphatic carbocycles. The SMILES string of the molecule is O=C(Cc1ccncc1)Nc1ccc(F)c(Cl)c1. The summed E-state index contributed by atoms with van der Waals surface area (Å²) in [5.41, 5.74) is 1.33. The van der Waals surface area contributed by atoms with Gasteiger partial charge in [-0.3, -0.25) is 9.78 Å². The Labute approximate surface area is 109 Å². The molecule has 2 aromatic rings. The number of nitrogens with one attached hydrogen (secondary N) is 1. The van der Waals surface area contributed by atoms with Crippen LogP contribution in [0.3, 0.4) is 0 Å². The van der Waals surface area contributed by atoms with Crippen molar-refractivity contribution in [1.29, 1.82) is 0 Å². The third-order valence-electron chi connectivity index (χ3n) is 2.32. The molecule has 1 N–H and O–H groups in total. The first-order valence-corrected chi connectivity index (χ1v) is 5.67. The number of nitrogens with zero attached hydrogens (tertiary/aromatic N) is 1. The van der Waals surface area contributed by atoms with Gasteiger partial charge in [0, 0.05) is 18.1 Å². The molecule has 0 atom stereocenters. The highest BCUT2D eigenvalue weighted by molar-refractivity contribution is 6.31. The molecule has 0 radical (unpaired) electrons. The minimum atomic E-state index is -0.510. The van der Waals surface area contributed by atoms with Gasteiger partial charge in [-0.05, 0) is 35.9 Å². The van der Waals surface area contributed by atoms with Gasteiger partial charge in [-0.15, -0.1) is 0 Å². The van der Waals surface area contributed by atoms with E-state index in [1.54, 1.807) is 24.5 Å². The van der Waals surface area contributed by atoms with Gasteiger partial charge in [-0.25, -0.2) is 4.39 Å². The molecule has 0 saturated heterocycles. The fourth-order valence-corrected chi connectivity index (χ4v) is 1.65. The number of pyridine rings is 1. The topological polar surface area (TPSA) is 42.0 Å². The van der Waals surface area contributed by atoms with Crippen molar-refractivity contribution in [3.8, 4) is 0 Å². The van der Waals surface area contributed by atoms with Crippen LogP contribution in [0.25, 0.3) is 0 Å². The van der Waals surface area contributed by atoms with Crippen LogP contribution in [0.15, 0.2) is 42.7 Å². The Balaban J connectivity index is 2.01. The highest BCUT2D eigenvalue weighted by Gasteiger charge is 2.06. The number of halogens is 2. The van der Waals surface area contributed by atoms with Crippen molar-refractivity contribution >= 4 is 23.2 Å². The second-order valence-corrected chi connectivity index (χ2v) is 4.12. The summed E-state index contributed by atoms with van der Waals surface area (Å²) in [7, 11) is 0. The molecule has 1 aromatic carbocycles. The summed E-state index contributed by atoms with van der Waals surface area (Å²) in [5, 5.41) is 2.63. The van der Waals surface area contributed by atoms with E-state index in [2.05, 4.69) is 10.3 Å². The predicted molar refractivity (Wildman–Crippen MR) is 68.0 cm³/mol. The summed E-state index contributed by atoms with van der Waals surface area (Å²) >= 11 is 5.62. The van der Waals surface area contributed by atoms with E-state index in [1.165, 1.54) is 18.2 Å². The molecular formula is C13H10ClFN2O. The zero-order valence-corrected chi connectivity index (χ0v) is 10.1. The van der Waals surface area contributed by atoms with Crippen molar-refractivity contribution in [2.45, 2.75) is 6.42 Å². The lowest BCUT2D eigenvalue weighted by molar-refractivity contribution is -0.115. The summed E-state index contributed by atoms with van der Waals surface area (Å²) in [6.45, 7) is 0. The fourth-order valence-electron chi connectivity index (χ4n) is 1.47. The van der Waals surface area contributed by atoms with Gasteiger partial charge >= 0.3 is 0 Å². The lowest BCUT2D eigenvalue weighted by Gasteiger charge is -2.05. The van der Waals surface area contributed by atoms with Crippen LogP contribution in [0, 0.1) is 5.82 Å². The minimum Gasteiger partial charge on any atom is -0.326 e. The van der Waals surface area contributed by atoms with Gasteiger partial charge in [0.05, 0.1) is 11.4 Å². The van der Waals surface area contributed by atoms with E-state index < -0.39 is 5.82 Å². The van der Waals surface area contributed by atoms with Crippen molar-refractivity contribution in [2.24, 2.45) is 0 Å². The van der Waals surface area contributed by atoms with Gasteiger partial charge in [0.15, 0.2) is 0 Å². The van der Waals surface area contributed by atoms with Crippen LogP contribution in [0.5, 0.6) is 0 Å². The molecule has 0 unspecified atom stereocenters. The standard InChI is InChI=1S/C13H10ClFN2O/c14-11-8-10(1-2-12(11)15)17-13(18)7-9-3-5-16-6-4-9/h1-6,8H,7H2,(H,17,18). The molecule has 0 aliphatic heterocycles. The number of anilines is 1. The summed E-state index contributed by atoms with van der Waals surface area (Å²) in [4.78, 5) is 15.6. The van der Waals surface area contributed by atoms with Gasteiger partial charge in [0.25, 0.3) is 0 Å². The molecule has 3 nitrogen and oxygen atoms in total. The van der Waals surface area contributed by atoms with E-state index in [0.29, 0.717) is 5.69 Å². The molecule has 0 aliphatic rings. The zero-order chi connectivity index (χ0) is 13.0. The Morgan fingerprint density at radius 2 is 2.00 bits per heavy atom. The van der Waals surface area contributed by atoms with Crippen LogP contribution in [0.1, 0.15) is 5.56 Å². The molecule has 1 heterocycles. The predicted octanol–water partition coefficient (Wildman–Crippen LogP) is 3.06. The first kappa shape index (κ1) is 12.5. The van der Waals surface area contributed by atoms with Crippen LogP contribution in [-0.4, -0.2) is 10.9 Å². The highest BCUT2D eigenvalue weighted by atomic mass is 35.5. The van der Waals surface area contributed by atoms with E-state index in [4.69, 9.17) is 11.6 Å². The van der Waals surface area contributed by atoms with Gasteiger partial charge in [-0.2, -0.15) is 0 Å². The largest absolute Gasteiger partial charge is 0.326 e. The van der Waals surface area contributed by atoms with Crippen LogP contribution < -0.4 is 5.32 Å². The number of hydrogen-bond donors (Lipinski definition) is 1. The van der Waals surface area contributed by atoms with Crippen molar-refractivity contribution in [3.05, 3.63) is 59.1 Å². The van der Waals surface area contributed by atoms with Crippen LogP contribution >= 0.6 is 11.6 Å². The number of carbonyl (C=O) groups is 1. The number of rotatable bonds is 3. The Morgan fingerprint density at radius 3 is 2.67 bits per heavy atom. The van der Waals surface area contributed by atoms with Gasteiger partial charge in [0.2, 0.25) is 5.91 Å². The van der Waals surface area contributed by atoms with Crippen molar-refractivity contribution < 1.29 is 9.18 Å². The average Bonchev–Trinajstić information content (AvgIpc) is 2.35. The first-order valence-electron chi connectivity index (χ1n) is 5.29. The number of aromatic nitrogens is 1. The Kier molecular flexibility index (Phi) is 3.89. The molecule has 2 rings (SSSR count). The van der Waals surface area contributed by atoms with Crippen molar-refractivity contribution in [3.63, 3.8) is 0 Å². The monoisotopic (exact) mass is 264 g/mol. The third-order valence-corrected chi connectivity index (χ3v) is 2.61. The zero-order valence-electron chi connectivity index (χ0n) is 9.36. The number of hydrogen-bond acceptors (Lipinski definition) is 2. The second-order valence-electron chi connectivity index (χ2n) is 3.71. The fraction of sp³-hybridized carbons (Fsp3) is 0.0769. The summed E-state index contributed by atoms with van der Waals surface area (Å²) in [6.07, 6.45) is 3.48. The Morgan fingerprint density at radius 1 is 1.28 bits per heavy atom. The molecule has 18 heavy (non-hydrogen) atoms. The maximum atomic E-state index is 12.9. The van der Waals surface area contributed by atoms with E-state index in [-0.39, 0.29) is 17.4 Å². The van der Waals surface area contributed by atoms with Crippen LogP contribution in [0.2, 0.25) is 5.02 Å². The normalized spacial score (nSPS) is 10.1. The van der Waals surface area contributed by atoms with E-state index in [9.17, 15) is 9.18 Å². The molecule has 5 heteroatoms. The lowest BCUT2D eigenvalue weighted by atomic mass is 10.2. The van der Waals surface area contributed by atoms with Crippen molar-refractivity contribution in [2.75, 3.05) is 5.32 Å². The number of benzene rings is 1. The minimum absolute atomic E-state index is 0.0169. The summed E-state index contributed by atoms with van der Waals surface area (Å²) in [6, 6.07) is 7.58. The van der Waals surface area contributed by atoms with E-state index in [0.717, 1.165) is 5.56 Å².